The van der Waals surface area contributed by atoms with Crippen molar-refractivity contribution < 1.29 is 9.53 Å². The van der Waals surface area contributed by atoms with Crippen molar-refractivity contribution in [1.82, 2.24) is 4.98 Å². The number of hydrogen-bond donors (Lipinski definition) is 1. The number of halogens is 3. The van der Waals surface area contributed by atoms with Crippen molar-refractivity contribution in [3.8, 4) is 0 Å². The lowest BCUT2D eigenvalue weighted by molar-refractivity contribution is -0.00791. The number of rotatable bonds is 2. The smallest absolute Gasteiger partial charge is 0.356 e. The Morgan fingerprint density at radius 3 is 1.93 bits per heavy atom. The molecule has 0 bridgehead atoms. The molecule has 0 saturated heterocycles. The maximum absolute atomic E-state index is 13.1. The normalized spacial score (nSPS) is 15.2. The van der Waals surface area contributed by atoms with Crippen LogP contribution in [-0.4, -0.2) is 11.0 Å². The number of nitrogens with one attached hydrogen (secondary N) is 1. The van der Waals surface area contributed by atoms with Crippen LogP contribution in [0.15, 0.2) is 66.7 Å². The lowest BCUT2D eigenvalue weighted by atomic mass is 9.79. The number of esters is 1. The number of fused-ring (bicyclic) bond motifs is 3. The van der Waals surface area contributed by atoms with Gasteiger partial charge in [-0.25, -0.2) is 4.79 Å². The second-order valence-corrected chi connectivity index (χ2v) is 8.38. The molecule has 144 valence electrons. The molecule has 0 saturated carbocycles. The van der Waals surface area contributed by atoms with E-state index in [4.69, 9.17) is 39.5 Å². The predicted octanol–water partition coefficient (Wildman–Crippen LogP) is 6.78. The van der Waals surface area contributed by atoms with Gasteiger partial charge < -0.3 is 9.72 Å². The number of H-pyrrole nitrogens is 1. The van der Waals surface area contributed by atoms with Crippen LogP contribution in [0.25, 0.3) is 10.9 Å². The molecule has 1 aliphatic rings. The van der Waals surface area contributed by atoms with Crippen LogP contribution in [0.5, 0.6) is 0 Å². The van der Waals surface area contributed by atoms with Gasteiger partial charge in [0.1, 0.15) is 5.69 Å². The molecule has 0 aliphatic carbocycles. The first-order chi connectivity index (χ1) is 14.0. The molecule has 4 aromatic rings. The molecule has 0 radical (unpaired) electrons. The number of benzene rings is 3. The van der Waals surface area contributed by atoms with Crippen molar-refractivity contribution in [2.75, 3.05) is 0 Å². The van der Waals surface area contributed by atoms with E-state index in [0.717, 1.165) is 27.6 Å². The lowest BCUT2D eigenvalue weighted by Gasteiger charge is -2.37. The van der Waals surface area contributed by atoms with Crippen LogP contribution >= 0.6 is 34.8 Å². The van der Waals surface area contributed by atoms with Gasteiger partial charge in [-0.1, -0.05) is 59.1 Å². The first kappa shape index (κ1) is 18.6. The largest absolute Gasteiger partial charge is 0.444 e. The fourth-order valence-electron chi connectivity index (χ4n) is 4.00. The van der Waals surface area contributed by atoms with Crippen LogP contribution in [-0.2, 0) is 16.8 Å². The minimum atomic E-state index is -1.00. The van der Waals surface area contributed by atoms with Gasteiger partial charge in [0, 0.05) is 43.5 Å². The molecule has 29 heavy (non-hydrogen) atoms. The van der Waals surface area contributed by atoms with Crippen molar-refractivity contribution in [2.24, 2.45) is 0 Å². The summed E-state index contributed by atoms with van der Waals surface area (Å²) in [5, 5.41) is 2.75. The van der Waals surface area contributed by atoms with E-state index >= 15 is 0 Å². The van der Waals surface area contributed by atoms with Gasteiger partial charge in [-0.15, -0.1) is 0 Å². The summed E-state index contributed by atoms with van der Waals surface area (Å²) in [6, 6.07) is 20.3. The van der Waals surface area contributed by atoms with Crippen LogP contribution in [0.1, 0.15) is 27.2 Å². The monoisotopic (exact) mass is 441 g/mol. The Morgan fingerprint density at radius 2 is 1.34 bits per heavy atom. The third kappa shape index (κ3) is 3.01. The zero-order valence-electron chi connectivity index (χ0n) is 15.0. The second-order valence-electron chi connectivity index (χ2n) is 7.08. The summed E-state index contributed by atoms with van der Waals surface area (Å²) >= 11 is 18.4. The SMILES string of the molecule is O=C1OC(c2ccc(Cl)cc2)(c2ccc(Cl)cc2)Cc2c1[nH]c1ccc(Cl)cc21. The van der Waals surface area contributed by atoms with Gasteiger partial charge in [0.15, 0.2) is 5.60 Å². The van der Waals surface area contributed by atoms with Gasteiger partial charge in [0.25, 0.3) is 0 Å². The Hall–Kier alpha value is -2.46. The number of aromatic amines is 1. The molecule has 0 atom stereocenters. The molecule has 6 heteroatoms. The fourth-order valence-corrected chi connectivity index (χ4v) is 4.42. The highest BCUT2D eigenvalue weighted by Gasteiger charge is 2.45. The van der Waals surface area contributed by atoms with Gasteiger partial charge in [-0.05, 0) is 48.0 Å². The third-order valence-corrected chi connectivity index (χ3v) is 6.13. The molecule has 2 heterocycles. The zero-order chi connectivity index (χ0) is 20.2. The average molecular weight is 443 g/mol. The molecular formula is C23H14Cl3NO2. The van der Waals surface area contributed by atoms with E-state index in [1.165, 1.54) is 0 Å². The van der Waals surface area contributed by atoms with Gasteiger partial charge >= 0.3 is 5.97 Å². The highest BCUT2D eigenvalue weighted by molar-refractivity contribution is 6.31. The Balaban J connectivity index is 1.77. The van der Waals surface area contributed by atoms with E-state index in [2.05, 4.69) is 4.98 Å². The summed E-state index contributed by atoms with van der Waals surface area (Å²) in [6.07, 6.45) is 0.456. The first-order valence-corrected chi connectivity index (χ1v) is 10.2. The van der Waals surface area contributed by atoms with E-state index < -0.39 is 11.6 Å². The Kier molecular flexibility index (Phi) is 4.36. The molecule has 0 fully saturated rings. The average Bonchev–Trinajstić information content (AvgIpc) is 3.07. The maximum atomic E-state index is 13.1. The maximum Gasteiger partial charge on any atom is 0.356 e. The number of carbonyl (C=O) groups excluding carboxylic acids is 1. The molecule has 1 aromatic heterocycles. The minimum Gasteiger partial charge on any atom is -0.444 e. The summed E-state index contributed by atoms with van der Waals surface area (Å²) in [5.74, 6) is -0.413. The molecule has 0 amide bonds. The van der Waals surface area contributed by atoms with E-state index in [1.807, 2.05) is 36.4 Å². The molecule has 3 nitrogen and oxygen atoms in total. The van der Waals surface area contributed by atoms with Gasteiger partial charge in [-0.2, -0.15) is 0 Å². The standard InChI is InChI=1S/C23H14Cl3NO2/c24-15-5-1-13(2-6-15)23(14-3-7-16(25)8-4-14)12-19-18-11-17(26)9-10-20(18)27-21(19)22(28)29-23/h1-11,27H,12H2. The Morgan fingerprint density at radius 1 is 0.793 bits per heavy atom. The van der Waals surface area contributed by atoms with E-state index in [-0.39, 0.29) is 0 Å². The Labute approximate surface area is 182 Å². The van der Waals surface area contributed by atoms with Crippen LogP contribution in [0.2, 0.25) is 15.1 Å². The minimum absolute atomic E-state index is 0.413. The number of carbonyl (C=O) groups is 1. The number of aromatic nitrogens is 1. The highest BCUT2D eigenvalue weighted by Crippen LogP contribution is 2.44. The van der Waals surface area contributed by atoms with Crippen molar-refractivity contribution >= 4 is 51.7 Å². The van der Waals surface area contributed by atoms with E-state index in [0.29, 0.717) is 27.2 Å². The first-order valence-electron chi connectivity index (χ1n) is 9.02. The molecule has 3 aromatic carbocycles. The van der Waals surface area contributed by atoms with Crippen molar-refractivity contribution in [1.29, 1.82) is 0 Å². The Bertz CT molecular complexity index is 1200. The molecule has 0 unspecified atom stereocenters. The van der Waals surface area contributed by atoms with Crippen molar-refractivity contribution in [3.05, 3.63) is 104 Å². The fraction of sp³-hybridized carbons (Fsp3) is 0.0870. The molecule has 1 aliphatic heterocycles. The quantitative estimate of drug-likeness (QED) is 0.347. The van der Waals surface area contributed by atoms with E-state index in [1.54, 1.807) is 30.3 Å². The topological polar surface area (TPSA) is 42.1 Å². The number of cyclic esters (lactones) is 1. The number of hydrogen-bond acceptors (Lipinski definition) is 2. The van der Waals surface area contributed by atoms with Crippen LogP contribution < -0.4 is 0 Å². The predicted molar refractivity (Wildman–Crippen MR) is 116 cm³/mol. The lowest BCUT2D eigenvalue weighted by Crippen LogP contribution is -2.40. The molecule has 5 rings (SSSR count). The highest BCUT2D eigenvalue weighted by atomic mass is 35.5. The molecular weight excluding hydrogens is 429 g/mol. The van der Waals surface area contributed by atoms with Gasteiger partial charge in [0.2, 0.25) is 0 Å². The summed E-state index contributed by atoms with van der Waals surface area (Å²) in [6.45, 7) is 0. The van der Waals surface area contributed by atoms with Gasteiger partial charge in [0.05, 0.1) is 0 Å². The summed E-state index contributed by atoms with van der Waals surface area (Å²) in [4.78, 5) is 16.3. The second kappa shape index (κ2) is 6.81. The summed E-state index contributed by atoms with van der Waals surface area (Å²) < 4.78 is 6.12. The third-order valence-electron chi connectivity index (χ3n) is 5.39. The summed E-state index contributed by atoms with van der Waals surface area (Å²) in [7, 11) is 0. The summed E-state index contributed by atoms with van der Waals surface area (Å²) in [5.41, 5.74) is 2.85. The van der Waals surface area contributed by atoms with Crippen molar-refractivity contribution in [2.45, 2.75) is 12.0 Å². The molecule has 0 spiro atoms. The van der Waals surface area contributed by atoms with Crippen LogP contribution in [0, 0.1) is 0 Å². The van der Waals surface area contributed by atoms with Crippen LogP contribution in [0.4, 0.5) is 0 Å². The van der Waals surface area contributed by atoms with Gasteiger partial charge in [-0.3, -0.25) is 0 Å². The zero-order valence-corrected chi connectivity index (χ0v) is 17.3. The molecule has 1 N–H and O–H groups in total. The number of ether oxygens (including phenoxy) is 1. The van der Waals surface area contributed by atoms with Crippen LogP contribution in [0.3, 0.4) is 0 Å². The van der Waals surface area contributed by atoms with Crippen molar-refractivity contribution in [3.63, 3.8) is 0 Å². The van der Waals surface area contributed by atoms with E-state index in [9.17, 15) is 4.79 Å².